The molecule has 0 saturated carbocycles. The number of amides is 1. The normalized spacial score (nSPS) is 20.9. The van der Waals surface area contributed by atoms with E-state index < -0.39 is 6.10 Å². The van der Waals surface area contributed by atoms with E-state index in [2.05, 4.69) is 10.6 Å². The molecule has 4 rings (SSSR count). The number of benzene rings is 2. The molecule has 1 heterocycles. The van der Waals surface area contributed by atoms with Crippen LogP contribution < -0.4 is 10.6 Å². The summed E-state index contributed by atoms with van der Waals surface area (Å²) in [6.07, 6.45) is 0.984. The van der Waals surface area contributed by atoms with Crippen molar-refractivity contribution in [2.24, 2.45) is 0 Å². The molecule has 0 bridgehead atoms. The molecule has 5 heteroatoms. The highest BCUT2D eigenvalue weighted by molar-refractivity contribution is 5.95. The van der Waals surface area contributed by atoms with Crippen LogP contribution in [0.15, 0.2) is 42.5 Å². The van der Waals surface area contributed by atoms with Gasteiger partial charge in [-0.25, -0.2) is 0 Å². The number of carbonyl (C=O) groups excluding carboxylic acids is 1. The Hall–Kier alpha value is -2.04. The number of anilines is 1. The summed E-state index contributed by atoms with van der Waals surface area (Å²) in [6.45, 7) is 0.926. The SMILES string of the molecule is Cl.O=C(N[C@H]1c2ccccc2C[C@H]1O)c1ccc2c(c1)CCN2. The Labute approximate surface area is 141 Å². The van der Waals surface area contributed by atoms with Crippen LogP contribution in [-0.2, 0) is 12.8 Å². The summed E-state index contributed by atoms with van der Waals surface area (Å²) in [5.41, 5.74) is 5.08. The molecule has 2 aliphatic rings. The van der Waals surface area contributed by atoms with Gasteiger partial charge >= 0.3 is 0 Å². The van der Waals surface area contributed by atoms with E-state index in [4.69, 9.17) is 0 Å². The van der Waals surface area contributed by atoms with E-state index in [1.165, 1.54) is 5.56 Å². The second-order valence-electron chi connectivity index (χ2n) is 5.97. The third-order valence-electron chi connectivity index (χ3n) is 4.57. The summed E-state index contributed by atoms with van der Waals surface area (Å²) in [6, 6.07) is 13.3. The van der Waals surface area contributed by atoms with Gasteiger partial charge in [-0.15, -0.1) is 12.4 Å². The molecule has 0 saturated heterocycles. The lowest BCUT2D eigenvalue weighted by atomic mass is 10.1. The summed E-state index contributed by atoms with van der Waals surface area (Å²) in [5, 5.41) is 16.5. The van der Waals surface area contributed by atoms with Crippen molar-refractivity contribution in [2.45, 2.75) is 25.0 Å². The van der Waals surface area contributed by atoms with Crippen molar-refractivity contribution in [1.82, 2.24) is 5.32 Å². The number of halogens is 1. The molecule has 0 unspecified atom stereocenters. The minimum atomic E-state index is -0.558. The molecule has 23 heavy (non-hydrogen) atoms. The molecule has 2 aromatic rings. The molecular weight excluding hydrogens is 312 g/mol. The zero-order valence-electron chi connectivity index (χ0n) is 12.6. The average Bonchev–Trinajstić information content (AvgIpc) is 3.11. The topological polar surface area (TPSA) is 61.4 Å². The van der Waals surface area contributed by atoms with Crippen LogP contribution in [0.5, 0.6) is 0 Å². The Morgan fingerprint density at radius 2 is 2.00 bits per heavy atom. The molecule has 0 radical (unpaired) electrons. The minimum absolute atomic E-state index is 0. The third kappa shape index (κ3) is 2.80. The van der Waals surface area contributed by atoms with Gasteiger partial charge in [0.2, 0.25) is 0 Å². The first-order chi connectivity index (χ1) is 10.7. The first-order valence-corrected chi connectivity index (χ1v) is 7.66. The van der Waals surface area contributed by atoms with Crippen molar-refractivity contribution < 1.29 is 9.90 Å². The van der Waals surface area contributed by atoms with Gasteiger partial charge in [0.15, 0.2) is 0 Å². The second kappa shape index (κ2) is 6.22. The van der Waals surface area contributed by atoms with E-state index in [-0.39, 0.29) is 24.4 Å². The summed E-state index contributed by atoms with van der Waals surface area (Å²) in [4.78, 5) is 12.5. The van der Waals surface area contributed by atoms with Gasteiger partial charge in [0.1, 0.15) is 0 Å². The number of carbonyl (C=O) groups is 1. The first kappa shape index (κ1) is 15.8. The highest BCUT2D eigenvalue weighted by Crippen LogP contribution is 2.31. The van der Waals surface area contributed by atoms with E-state index in [0.29, 0.717) is 12.0 Å². The van der Waals surface area contributed by atoms with Gasteiger partial charge in [-0.05, 0) is 41.3 Å². The number of aliphatic hydroxyl groups is 1. The lowest BCUT2D eigenvalue weighted by molar-refractivity contribution is 0.0858. The molecule has 3 N–H and O–H groups in total. The van der Waals surface area contributed by atoms with Crippen LogP contribution in [0, 0.1) is 0 Å². The molecule has 2 atom stereocenters. The minimum Gasteiger partial charge on any atom is -0.390 e. The van der Waals surface area contributed by atoms with E-state index in [0.717, 1.165) is 29.8 Å². The van der Waals surface area contributed by atoms with Crippen LogP contribution in [0.1, 0.15) is 33.1 Å². The fourth-order valence-electron chi connectivity index (χ4n) is 3.42. The van der Waals surface area contributed by atoms with Gasteiger partial charge in [-0.2, -0.15) is 0 Å². The number of aliphatic hydroxyl groups excluding tert-OH is 1. The number of fused-ring (bicyclic) bond motifs is 2. The monoisotopic (exact) mass is 330 g/mol. The van der Waals surface area contributed by atoms with Crippen LogP contribution in [0.3, 0.4) is 0 Å². The zero-order valence-corrected chi connectivity index (χ0v) is 13.4. The van der Waals surface area contributed by atoms with Crippen molar-refractivity contribution in [3.8, 4) is 0 Å². The van der Waals surface area contributed by atoms with Gasteiger partial charge in [-0.1, -0.05) is 24.3 Å². The van der Waals surface area contributed by atoms with E-state index in [1.807, 2.05) is 42.5 Å². The maximum atomic E-state index is 12.5. The lowest BCUT2D eigenvalue weighted by Gasteiger charge is -2.18. The van der Waals surface area contributed by atoms with Crippen molar-refractivity contribution in [3.63, 3.8) is 0 Å². The molecule has 1 aliphatic heterocycles. The van der Waals surface area contributed by atoms with Crippen LogP contribution in [0.4, 0.5) is 5.69 Å². The first-order valence-electron chi connectivity index (χ1n) is 7.66. The Kier molecular flexibility index (Phi) is 4.28. The summed E-state index contributed by atoms with van der Waals surface area (Å²) < 4.78 is 0. The Morgan fingerprint density at radius 3 is 2.87 bits per heavy atom. The van der Waals surface area contributed by atoms with Crippen molar-refractivity contribution in [1.29, 1.82) is 0 Å². The van der Waals surface area contributed by atoms with E-state index in [1.54, 1.807) is 0 Å². The van der Waals surface area contributed by atoms with Crippen molar-refractivity contribution in [2.75, 3.05) is 11.9 Å². The van der Waals surface area contributed by atoms with Crippen molar-refractivity contribution in [3.05, 3.63) is 64.7 Å². The van der Waals surface area contributed by atoms with Crippen LogP contribution in [-0.4, -0.2) is 23.7 Å². The third-order valence-corrected chi connectivity index (χ3v) is 4.57. The molecule has 4 nitrogen and oxygen atoms in total. The maximum absolute atomic E-state index is 12.5. The summed E-state index contributed by atoms with van der Waals surface area (Å²) >= 11 is 0. The molecule has 1 aliphatic carbocycles. The van der Waals surface area contributed by atoms with Crippen LogP contribution in [0.2, 0.25) is 0 Å². The van der Waals surface area contributed by atoms with Gasteiger partial charge in [0, 0.05) is 24.2 Å². The molecule has 0 fully saturated rings. The van der Waals surface area contributed by atoms with Gasteiger partial charge in [-0.3, -0.25) is 4.79 Å². The summed E-state index contributed by atoms with van der Waals surface area (Å²) in [5.74, 6) is -0.129. The highest BCUT2D eigenvalue weighted by atomic mass is 35.5. The zero-order chi connectivity index (χ0) is 15.1. The predicted molar refractivity (Wildman–Crippen MR) is 92.2 cm³/mol. The van der Waals surface area contributed by atoms with Gasteiger partial charge in [0.25, 0.3) is 5.91 Å². The average molecular weight is 331 g/mol. The second-order valence-corrected chi connectivity index (χ2v) is 5.97. The quantitative estimate of drug-likeness (QED) is 0.792. The molecule has 0 aromatic heterocycles. The molecule has 120 valence electrons. The highest BCUT2D eigenvalue weighted by Gasteiger charge is 2.32. The smallest absolute Gasteiger partial charge is 0.251 e. The molecular formula is C18H19ClN2O2. The predicted octanol–water partition coefficient (Wildman–Crippen LogP) is 2.46. The summed E-state index contributed by atoms with van der Waals surface area (Å²) in [7, 11) is 0. The number of nitrogens with one attached hydrogen (secondary N) is 2. The standard InChI is InChI=1S/C18H18N2O2.ClH/c21-16-10-11-3-1-2-4-14(11)17(16)20-18(22)13-5-6-15-12(9-13)7-8-19-15;/h1-6,9,16-17,19,21H,7-8,10H2,(H,20,22);1H/t16-,17+;/m1./s1. The molecule has 1 amide bonds. The Balaban J connectivity index is 0.00000156. The number of hydrogen-bond donors (Lipinski definition) is 3. The van der Waals surface area contributed by atoms with Gasteiger partial charge < -0.3 is 15.7 Å². The van der Waals surface area contributed by atoms with Crippen LogP contribution >= 0.6 is 12.4 Å². The Bertz CT molecular complexity index is 748. The fourth-order valence-corrected chi connectivity index (χ4v) is 3.42. The largest absolute Gasteiger partial charge is 0.390 e. The maximum Gasteiger partial charge on any atom is 0.251 e. The van der Waals surface area contributed by atoms with E-state index in [9.17, 15) is 9.90 Å². The molecule has 2 aromatic carbocycles. The van der Waals surface area contributed by atoms with E-state index >= 15 is 0 Å². The number of hydrogen-bond acceptors (Lipinski definition) is 3. The van der Waals surface area contributed by atoms with Crippen LogP contribution in [0.25, 0.3) is 0 Å². The fraction of sp³-hybridized carbons (Fsp3) is 0.278. The number of rotatable bonds is 2. The lowest BCUT2D eigenvalue weighted by Crippen LogP contribution is -2.33. The molecule has 0 spiro atoms. The van der Waals surface area contributed by atoms with Crippen molar-refractivity contribution >= 4 is 24.0 Å². The Morgan fingerprint density at radius 1 is 1.17 bits per heavy atom. The van der Waals surface area contributed by atoms with Gasteiger partial charge in [0.05, 0.1) is 12.1 Å².